The van der Waals surface area contributed by atoms with E-state index in [0.29, 0.717) is 12.4 Å². The summed E-state index contributed by atoms with van der Waals surface area (Å²) in [5, 5.41) is 7.65. The summed E-state index contributed by atoms with van der Waals surface area (Å²) in [6.07, 6.45) is 3.26. The molecule has 0 fully saturated rings. The molecule has 3 nitrogen and oxygen atoms in total. The van der Waals surface area contributed by atoms with Crippen LogP contribution in [0.1, 0.15) is 0 Å². The lowest BCUT2D eigenvalue weighted by atomic mass is 10.8. The summed E-state index contributed by atoms with van der Waals surface area (Å²) in [7, 11) is 0. The first-order chi connectivity index (χ1) is 3.93. The Kier molecular flexibility index (Phi) is 1.86. The quantitative estimate of drug-likeness (QED) is 0.548. The van der Waals surface area contributed by atoms with Crippen LogP contribution in [0.15, 0.2) is 12.4 Å². The number of halogens is 1. The number of aryl methyl sites for hydroxylation is 1. The maximum Gasteiger partial charge on any atom is 0.0742 e. The van der Waals surface area contributed by atoms with Gasteiger partial charge >= 0.3 is 0 Å². The normalized spacial score (nSPS) is 9.62. The summed E-state index contributed by atoms with van der Waals surface area (Å²) in [4.78, 5) is 1.55. The lowest BCUT2D eigenvalue weighted by molar-refractivity contribution is 0.573. The van der Waals surface area contributed by atoms with Crippen molar-refractivity contribution in [1.29, 1.82) is 0 Å². The largest absolute Gasteiger partial charge is 0.184 e. The number of nitrogens with zero attached hydrogens (tertiary/aromatic N) is 3. The molecule has 0 radical (unpaired) electrons. The highest BCUT2D eigenvalue weighted by Crippen LogP contribution is 1.79. The number of rotatable bonds is 2. The fraction of sp³-hybridized carbons (Fsp3) is 0.500. The molecule has 1 heterocycles. The highest BCUT2D eigenvalue weighted by atomic mass is 35.5. The minimum atomic E-state index is 0.564. The lowest BCUT2D eigenvalue weighted by Gasteiger charge is -1.89. The molecule has 1 rings (SSSR count). The van der Waals surface area contributed by atoms with E-state index >= 15 is 0 Å². The van der Waals surface area contributed by atoms with Crippen molar-refractivity contribution in [3.8, 4) is 0 Å². The van der Waals surface area contributed by atoms with Gasteiger partial charge in [0.1, 0.15) is 0 Å². The molecule has 0 aliphatic heterocycles. The van der Waals surface area contributed by atoms with Gasteiger partial charge in [-0.3, -0.25) is 0 Å². The van der Waals surface area contributed by atoms with Gasteiger partial charge in [0.2, 0.25) is 0 Å². The van der Waals surface area contributed by atoms with Crippen molar-refractivity contribution < 1.29 is 0 Å². The first kappa shape index (κ1) is 5.56. The second-order valence-corrected chi connectivity index (χ2v) is 1.69. The van der Waals surface area contributed by atoms with Crippen LogP contribution in [0.3, 0.4) is 0 Å². The van der Waals surface area contributed by atoms with Gasteiger partial charge in [-0.1, -0.05) is 0 Å². The second kappa shape index (κ2) is 2.67. The molecule has 1 aromatic heterocycles. The Morgan fingerprint density at radius 2 is 2.00 bits per heavy atom. The van der Waals surface area contributed by atoms with E-state index in [0.717, 1.165) is 0 Å². The zero-order valence-electron chi connectivity index (χ0n) is 4.29. The fourth-order valence-electron chi connectivity index (χ4n) is 0.434. The number of hydrogen-bond acceptors (Lipinski definition) is 2. The van der Waals surface area contributed by atoms with E-state index in [-0.39, 0.29) is 0 Å². The topological polar surface area (TPSA) is 30.7 Å². The van der Waals surface area contributed by atoms with E-state index in [9.17, 15) is 0 Å². The molecular formula is C4H6ClN3. The van der Waals surface area contributed by atoms with E-state index in [2.05, 4.69) is 10.2 Å². The molecule has 0 aromatic carbocycles. The average molecular weight is 132 g/mol. The first-order valence-electron chi connectivity index (χ1n) is 2.33. The fourth-order valence-corrected chi connectivity index (χ4v) is 0.586. The molecule has 0 aliphatic rings. The SMILES string of the molecule is ClCCn1nccn1. The average Bonchev–Trinajstić information content (AvgIpc) is 2.19. The predicted molar refractivity (Wildman–Crippen MR) is 30.7 cm³/mol. The molecular weight excluding hydrogens is 126 g/mol. The third-order valence-electron chi connectivity index (χ3n) is 0.751. The summed E-state index contributed by atoms with van der Waals surface area (Å²) in [6.45, 7) is 0.689. The van der Waals surface area contributed by atoms with Crippen molar-refractivity contribution >= 4 is 11.6 Å². The summed E-state index contributed by atoms with van der Waals surface area (Å²) in [6, 6.07) is 0. The molecule has 8 heavy (non-hydrogen) atoms. The van der Waals surface area contributed by atoms with Crippen LogP contribution in [0.25, 0.3) is 0 Å². The maximum atomic E-state index is 5.39. The zero-order chi connectivity index (χ0) is 5.82. The van der Waals surface area contributed by atoms with Crippen LogP contribution in [-0.2, 0) is 6.54 Å². The van der Waals surface area contributed by atoms with Gasteiger partial charge in [0.05, 0.1) is 18.9 Å². The van der Waals surface area contributed by atoms with Crippen molar-refractivity contribution in [2.24, 2.45) is 0 Å². The van der Waals surface area contributed by atoms with Crippen LogP contribution < -0.4 is 0 Å². The van der Waals surface area contributed by atoms with Gasteiger partial charge in [-0.05, 0) is 0 Å². The van der Waals surface area contributed by atoms with Crippen molar-refractivity contribution in [3.63, 3.8) is 0 Å². The zero-order valence-corrected chi connectivity index (χ0v) is 5.04. The van der Waals surface area contributed by atoms with Crippen molar-refractivity contribution in [1.82, 2.24) is 15.0 Å². The first-order valence-corrected chi connectivity index (χ1v) is 2.87. The Labute approximate surface area is 52.3 Å². The highest BCUT2D eigenvalue weighted by Gasteiger charge is 1.85. The Morgan fingerprint density at radius 3 is 2.50 bits per heavy atom. The predicted octanol–water partition coefficient (Wildman–Crippen LogP) is 0.517. The van der Waals surface area contributed by atoms with E-state index < -0.39 is 0 Å². The second-order valence-electron chi connectivity index (χ2n) is 1.31. The van der Waals surface area contributed by atoms with Crippen molar-refractivity contribution in [3.05, 3.63) is 12.4 Å². The van der Waals surface area contributed by atoms with Crippen LogP contribution >= 0.6 is 11.6 Å². The van der Waals surface area contributed by atoms with Crippen LogP contribution in [0, 0.1) is 0 Å². The lowest BCUT2D eigenvalue weighted by Crippen LogP contribution is -2.02. The van der Waals surface area contributed by atoms with E-state index in [4.69, 9.17) is 11.6 Å². The monoisotopic (exact) mass is 131 g/mol. The molecule has 0 N–H and O–H groups in total. The molecule has 0 bridgehead atoms. The molecule has 0 amide bonds. The Morgan fingerprint density at radius 1 is 1.38 bits per heavy atom. The summed E-state index contributed by atoms with van der Waals surface area (Å²) in [5.74, 6) is 0.564. The summed E-state index contributed by atoms with van der Waals surface area (Å²) < 4.78 is 0. The molecule has 1 aromatic rings. The van der Waals surface area contributed by atoms with E-state index in [1.807, 2.05) is 0 Å². The molecule has 0 aliphatic carbocycles. The standard InChI is InChI=1S/C4H6ClN3/c5-1-4-8-6-2-3-7-8/h2-3H,1,4H2. The Bertz CT molecular complexity index is 137. The van der Waals surface area contributed by atoms with Gasteiger partial charge in [-0.15, -0.1) is 11.6 Å². The molecule has 0 saturated heterocycles. The Hall–Kier alpha value is -0.570. The van der Waals surface area contributed by atoms with Crippen molar-refractivity contribution in [2.75, 3.05) is 5.88 Å². The van der Waals surface area contributed by atoms with E-state index in [1.165, 1.54) is 0 Å². The molecule has 4 heteroatoms. The molecule has 0 unspecified atom stereocenters. The molecule has 44 valence electrons. The van der Waals surface area contributed by atoms with Gasteiger partial charge in [0.15, 0.2) is 0 Å². The number of alkyl halides is 1. The van der Waals surface area contributed by atoms with Gasteiger partial charge < -0.3 is 0 Å². The van der Waals surface area contributed by atoms with Crippen LogP contribution in [0.5, 0.6) is 0 Å². The van der Waals surface area contributed by atoms with Gasteiger partial charge in [-0.25, -0.2) is 0 Å². The molecule has 0 atom stereocenters. The number of hydrogen-bond donors (Lipinski definition) is 0. The smallest absolute Gasteiger partial charge is 0.0742 e. The highest BCUT2D eigenvalue weighted by molar-refractivity contribution is 6.17. The van der Waals surface area contributed by atoms with E-state index in [1.54, 1.807) is 17.2 Å². The van der Waals surface area contributed by atoms with Crippen LogP contribution in [-0.4, -0.2) is 20.9 Å². The van der Waals surface area contributed by atoms with Gasteiger partial charge in [0.25, 0.3) is 0 Å². The van der Waals surface area contributed by atoms with Gasteiger partial charge in [-0.2, -0.15) is 15.0 Å². The maximum absolute atomic E-state index is 5.39. The van der Waals surface area contributed by atoms with Gasteiger partial charge in [0, 0.05) is 5.88 Å². The number of aromatic nitrogens is 3. The third kappa shape index (κ3) is 1.20. The Balaban J connectivity index is 2.50. The minimum absolute atomic E-state index is 0.564. The molecule has 0 saturated carbocycles. The van der Waals surface area contributed by atoms with Crippen LogP contribution in [0.2, 0.25) is 0 Å². The van der Waals surface area contributed by atoms with Crippen LogP contribution in [0.4, 0.5) is 0 Å². The van der Waals surface area contributed by atoms with Crippen molar-refractivity contribution in [2.45, 2.75) is 6.54 Å². The summed E-state index contributed by atoms with van der Waals surface area (Å²) >= 11 is 5.39. The minimum Gasteiger partial charge on any atom is -0.184 e. The summed E-state index contributed by atoms with van der Waals surface area (Å²) in [5.41, 5.74) is 0. The third-order valence-corrected chi connectivity index (χ3v) is 0.920. The molecule has 0 spiro atoms.